The van der Waals surface area contributed by atoms with Gasteiger partial charge in [0.2, 0.25) is 5.88 Å². The molecule has 2 aliphatic rings. The predicted octanol–water partition coefficient (Wildman–Crippen LogP) is 0.899. The summed E-state index contributed by atoms with van der Waals surface area (Å²) in [5.74, 6) is 1.53. The van der Waals surface area contributed by atoms with Crippen molar-refractivity contribution in [3.8, 4) is 5.88 Å². The van der Waals surface area contributed by atoms with Gasteiger partial charge in [0.25, 0.3) is 0 Å². The van der Waals surface area contributed by atoms with E-state index in [0.717, 1.165) is 38.3 Å². The van der Waals surface area contributed by atoms with Crippen LogP contribution in [0.1, 0.15) is 19.3 Å². The molecule has 3 rings (SSSR count). The molecule has 2 fully saturated rings. The van der Waals surface area contributed by atoms with Gasteiger partial charge in [-0.15, -0.1) is 0 Å². The van der Waals surface area contributed by atoms with Crippen molar-refractivity contribution in [3.63, 3.8) is 0 Å². The van der Waals surface area contributed by atoms with Crippen molar-refractivity contribution >= 4 is 5.96 Å². The number of hydrogen-bond donors (Lipinski definition) is 2. The number of likely N-dealkylation sites (tertiary alicyclic amines) is 1. The van der Waals surface area contributed by atoms with E-state index in [1.807, 2.05) is 18.2 Å². The highest BCUT2D eigenvalue weighted by atomic mass is 16.5. The summed E-state index contributed by atoms with van der Waals surface area (Å²) in [6.07, 6.45) is 4.54. The van der Waals surface area contributed by atoms with Gasteiger partial charge in [-0.2, -0.15) is 0 Å². The molecule has 0 amide bonds. The largest absolute Gasteiger partial charge is 0.472 e. The Bertz CT molecular complexity index is 561. The van der Waals surface area contributed by atoms with Crippen molar-refractivity contribution in [1.82, 2.24) is 15.2 Å². The Morgan fingerprint density at radius 1 is 1.48 bits per heavy atom. The molecule has 1 aromatic heterocycles. The molecular weight excluding hydrogens is 320 g/mol. The molecule has 2 saturated heterocycles. The third-order valence-corrected chi connectivity index (χ3v) is 5.09. The molecule has 7 nitrogen and oxygen atoms in total. The summed E-state index contributed by atoms with van der Waals surface area (Å²) in [6.45, 7) is 3.99. The van der Waals surface area contributed by atoms with Gasteiger partial charge >= 0.3 is 0 Å². The maximum absolute atomic E-state index is 9.82. The Kier molecular flexibility index (Phi) is 6.09. The maximum Gasteiger partial charge on any atom is 0.213 e. The number of aromatic nitrogens is 1. The Morgan fingerprint density at radius 3 is 3.00 bits per heavy atom. The Morgan fingerprint density at radius 2 is 2.32 bits per heavy atom. The summed E-state index contributed by atoms with van der Waals surface area (Å²) < 4.78 is 11.4. The van der Waals surface area contributed by atoms with Crippen molar-refractivity contribution in [1.29, 1.82) is 0 Å². The second-order valence-corrected chi connectivity index (χ2v) is 6.81. The summed E-state index contributed by atoms with van der Waals surface area (Å²) in [5, 5.41) is 13.3. The molecule has 2 N–H and O–H groups in total. The molecule has 7 heteroatoms. The Hall–Kier alpha value is -1.86. The summed E-state index contributed by atoms with van der Waals surface area (Å²) in [4.78, 5) is 10.8. The zero-order valence-corrected chi connectivity index (χ0v) is 14.9. The van der Waals surface area contributed by atoms with E-state index in [2.05, 4.69) is 20.2 Å². The van der Waals surface area contributed by atoms with Crippen LogP contribution < -0.4 is 10.1 Å². The molecule has 2 aliphatic heterocycles. The van der Waals surface area contributed by atoms with Crippen LogP contribution in [0.15, 0.2) is 29.4 Å². The molecule has 0 aromatic carbocycles. The van der Waals surface area contributed by atoms with E-state index in [-0.39, 0.29) is 18.1 Å². The molecular formula is C18H28N4O3. The monoisotopic (exact) mass is 348 g/mol. The number of pyridine rings is 1. The molecule has 0 aliphatic carbocycles. The highest BCUT2D eigenvalue weighted by Crippen LogP contribution is 2.29. The zero-order valence-electron chi connectivity index (χ0n) is 14.9. The summed E-state index contributed by atoms with van der Waals surface area (Å²) in [7, 11) is 1.80. The van der Waals surface area contributed by atoms with Crippen molar-refractivity contribution in [2.24, 2.45) is 10.4 Å². The van der Waals surface area contributed by atoms with E-state index >= 15 is 0 Å². The quantitative estimate of drug-likeness (QED) is 0.608. The number of aliphatic hydroxyl groups excluding tert-OH is 1. The van der Waals surface area contributed by atoms with Crippen LogP contribution in [0.2, 0.25) is 0 Å². The molecule has 3 heterocycles. The highest BCUT2D eigenvalue weighted by Gasteiger charge is 2.33. The molecule has 0 saturated carbocycles. The lowest BCUT2D eigenvalue weighted by Gasteiger charge is -2.36. The standard InChI is InChI=1S/C18H28N4O3/c1-19-17(21-13-18(14-23)6-10-24-11-7-18)22-9-5-15(12-22)25-16-4-2-3-8-20-16/h2-4,8,15,23H,5-7,9-14H2,1H3,(H,19,21). The molecule has 0 radical (unpaired) electrons. The number of nitrogens with one attached hydrogen (secondary N) is 1. The van der Waals surface area contributed by atoms with Gasteiger partial charge in [0.05, 0.1) is 13.2 Å². The number of aliphatic imine (C=N–C) groups is 1. The lowest BCUT2D eigenvalue weighted by molar-refractivity contribution is -0.0134. The van der Waals surface area contributed by atoms with Crippen LogP contribution in [-0.4, -0.2) is 73.6 Å². The van der Waals surface area contributed by atoms with Crippen LogP contribution in [-0.2, 0) is 4.74 Å². The zero-order chi connectivity index (χ0) is 17.5. The summed E-state index contributed by atoms with van der Waals surface area (Å²) >= 11 is 0. The van der Waals surface area contributed by atoms with Crippen molar-refractivity contribution in [3.05, 3.63) is 24.4 Å². The SMILES string of the molecule is CN=C(NCC1(CO)CCOCC1)N1CCC(Oc2ccccn2)C1. The molecule has 25 heavy (non-hydrogen) atoms. The fraction of sp³-hybridized carbons (Fsp3) is 0.667. The van der Waals surface area contributed by atoms with E-state index in [1.54, 1.807) is 13.2 Å². The van der Waals surface area contributed by atoms with E-state index in [0.29, 0.717) is 25.6 Å². The first kappa shape index (κ1) is 17.9. The third kappa shape index (κ3) is 4.61. The summed E-state index contributed by atoms with van der Waals surface area (Å²) in [6, 6.07) is 5.69. The van der Waals surface area contributed by atoms with Crippen LogP contribution in [0.4, 0.5) is 0 Å². The number of rotatable bonds is 5. The predicted molar refractivity (Wildman–Crippen MR) is 95.8 cm³/mol. The number of aliphatic hydroxyl groups is 1. The van der Waals surface area contributed by atoms with Crippen LogP contribution in [0.5, 0.6) is 5.88 Å². The first-order valence-corrected chi connectivity index (χ1v) is 8.97. The molecule has 0 spiro atoms. The molecule has 0 bridgehead atoms. The lowest BCUT2D eigenvalue weighted by atomic mass is 9.81. The summed E-state index contributed by atoms with van der Waals surface area (Å²) in [5.41, 5.74) is -0.113. The second kappa shape index (κ2) is 8.49. The first-order chi connectivity index (χ1) is 12.2. The molecule has 1 unspecified atom stereocenters. The minimum Gasteiger partial charge on any atom is -0.472 e. The smallest absolute Gasteiger partial charge is 0.213 e. The Labute approximate surface area is 149 Å². The van der Waals surface area contributed by atoms with E-state index in [4.69, 9.17) is 9.47 Å². The van der Waals surface area contributed by atoms with Gasteiger partial charge in [0.15, 0.2) is 5.96 Å². The van der Waals surface area contributed by atoms with E-state index in [1.165, 1.54) is 0 Å². The average molecular weight is 348 g/mol. The first-order valence-electron chi connectivity index (χ1n) is 8.97. The van der Waals surface area contributed by atoms with Gasteiger partial charge in [0, 0.05) is 57.4 Å². The number of hydrogen-bond acceptors (Lipinski definition) is 5. The number of guanidine groups is 1. The van der Waals surface area contributed by atoms with Gasteiger partial charge in [-0.3, -0.25) is 4.99 Å². The number of nitrogens with zero attached hydrogens (tertiary/aromatic N) is 3. The minimum atomic E-state index is -0.113. The maximum atomic E-state index is 9.82. The Balaban J connectivity index is 1.52. The topological polar surface area (TPSA) is 79.2 Å². The van der Waals surface area contributed by atoms with Gasteiger partial charge in [0.1, 0.15) is 6.10 Å². The van der Waals surface area contributed by atoms with Crippen LogP contribution in [0.3, 0.4) is 0 Å². The van der Waals surface area contributed by atoms with Crippen molar-refractivity contribution in [2.75, 3.05) is 46.5 Å². The van der Waals surface area contributed by atoms with Crippen LogP contribution in [0.25, 0.3) is 0 Å². The van der Waals surface area contributed by atoms with E-state index < -0.39 is 0 Å². The van der Waals surface area contributed by atoms with Gasteiger partial charge in [-0.05, 0) is 18.9 Å². The fourth-order valence-electron chi connectivity index (χ4n) is 3.40. The number of ether oxygens (including phenoxy) is 2. The van der Waals surface area contributed by atoms with Crippen LogP contribution in [0, 0.1) is 5.41 Å². The molecule has 1 atom stereocenters. The van der Waals surface area contributed by atoms with Crippen molar-refractivity contribution in [2.45, 2.75) is 25.4 Å². The molecule has 138 valence electrons. The normalized spacial score (nSPS) is 23.5. The minimum absolute atomic E-state index is 0.113. The van der Waals surface area contributed by atoms with Gasteiger partial charge in [-0.25, -0.2) is 4.98 Å². The fourth-order valence-corrected chi connectivity index (χ4v) is 3.40. The van der Waals surface area contributed by atoms with Crippen LogP contribution >= 0.6 is 0 Å². The van der Waals surface area contributed by atoms with Gasteiger partial charge < -0.3 is 24.8 Å². The van der Waals surface area contributed by atoms with Gasteiger partial charge in [-0.1, -0.05) is 6.07 Å². The van der Waals surface area contributed by atoms with E-state index in [9.17, 15) is 5.11 Å². The molecule has 1 aromatic rings. The van der Waals surface area contributed by atoms with Crippen molar-refractivity contribution < 1.29 is 14.6 Å². The highest BCUT2D eigenvalue weighted by molar-refractivity contribution is 5.80. The third-order valence-electron chi connectivity index (χ3n) is 5.09. The average Bonchev–Trinajstić information content (AvgIpc) is 3.12. The lowest BCUT2D eigenvalue weighted by Crippen LogP contribution is -2.48. The second-order valence-electron chi connectivity index (χ2n) is 6.81.